The lowest BCUT2D eigenvalue weighted by Crippen LogP contribution is -2.23. The summed E-state index contributed by atoms with van der Waals surface area (Å²) in [5, 5.41) is 9.77. The van der Waals surface area contributed by atoms with E-state index in [1.54, 1.807) is 11.8 Å². The van der Waals surface area contributed by atoms with E-state index in [4.69, 9.17) is 5.11 Å². The SMILES string of the molecule is O=C(O)C1CCN(c2ccc(S(=O)NC3=NCCS3)cc2)C1. The van der Waals surface area contributed by atoms with Gasteiger partial charge in [-0.15, -0.1) is 0 Å². The Morgan fingerprint density at radius 3 is 2.77 bits per heavy atom. The van der Waals surface area contributed by atoms with Gasteiger partial charge in [-0.25, -0.2) is 4.21 Å². The van der Waals surface area contributed by atoms with Gasteiger partial charge in [0.1, 0.15) is 0 Å². The van der Waals surface area contributed by atoms with E-state index in [-0.39, 0.29) is 5.92 Å². The lowest BCUT2D eigenvalue weighted by Gasteiger charge is -2.18. The molecule has 2 aliphatic rings. The number of anilines is 1. The van der Waals surface area contributed by atoms with Gasteiger partial charge in [0.05, 0.1) is 17.4 Å². The van der Waals surface area contributed by atoms with Crippen molar-refractivity contribution in [3.8, 4) is 0 Å². The third-order valence-electron chi connectivity index (χ3n) is 3.72. The summed E-state index contributed by atoms with van der Waals surface area (Å²) in [6, 6.07) is 7.41. The third-order valence-corrected chi connectivity index (χ3v) is 5.82. The van der Waals surface area contributed by atoms with Gasteiger partial charge in [0.2, 0.25) is 0 Å². The van der Waals surface area contributed by atoms with Crippen LogP contribution in [0.3, 0.4) is 0 Å². The second-order valence-electron chi connectivity index (χ2n) is 5.17. The molecule has 6 nitrogen and oxygen atoms in total. The van der Waals surface area contributed by atoms with Crippen molar-refractivity contribution in [2.24, 2.45) is 10.9 Å². The van der Waals surface area contributed by atoms with Gasteiger partial charge in [-0.2, -0.15) is 0 Å². The first-order chi connectivity index (χ1) is 10.6. The Morgan fingerprint density at radius 1 is 1.41 bits per heavy atom. The van der Waals surface area contributed by atoms with E-state index < -0.39 is 17.0 Å². The van der Waals surface area contributed by atoms with Crippen LogP contribution < -0.4 is 9.62 Å². The van der Waals surface area contributed by atoms with Crippen LogP contribution in [0.4, 0.5) is 5.69 Å². The molecule has 0 radical (unpaired) electrons. The average Bonchev–Trinajstić information content (AvgIpc) is 3.18. The number of carbonyl (C=O) groups is 1. The van der Waals surface area contributed by atoms with Gasteiger partial charge in [-0.1, -0.05) is 11.8 Å². The van der Waals surface area contributed by atoms with Crippen molar-refractivity contribution in [2.75, 3.05) is 30.3 Å². The van der Waals surface area contributed by atoms with Gasteiger partial charge >= 0.3 is 5.97 Å². The fourth-order valence-corrected chi connectivity index (χ4v) is 4.26. The molecule has 0 amide bonds. The van der Waals surface area contributed by atoms with Crippen LogP contribution in [-0.4, -0.2) is 45.8 Å². The lowest BCUT2D eigenvalue weighted by atomic mass is 10.1. The number of nitrogens with zero attached hydrogens (tertiary/aromatic N) is 2. The zero-order chi connectivity index (χ0) is 15.5. The Hall–Kier alpha value is -1.54. The summed E-state index contributed by atoms with van der Waals surface area (Å²) in [5.74, 6) is -0.106. The molecule has 0 aliphatic carbocycles. The number of carboxylic acid groups (broad SMARTS) is 1. The molecule has 0 bridgehead atoms. The molecule has 2 heterocycles. The van der Waals surface area contributed by atoms with E-state index in [0.29, 0.717) is 17.9 Å². The largest absolute Gasteiger partial charge is 0.481 e. The quantitative estimate of drug-likeness (QED) is 0.864. The zero-order valence-corrected chi connectivity index (χ0v) is 13.5. The summed E-state index contributed by atoms with van der Waals surface area (Å²) < 4.78 is 15.1. The highest BCUT2D eigenvalue weighted by Crippen LogP contribution is 2.25. The highest BCUT2D eigenvalue weighted by Gasteiger charge is 2.28. The molecule has 2 atom stereocenters. The van der Waals surface area contributed by atoms with Crippen molar-refractivity contribution in [1.82, 2.24) is 4.72 Å². The number of hydrogen-bond donors (Lipinski definition) is 2. The monoisotopic (exact) mass is 339 g/mol. The van der Waals surface area contributed by atoms with Crippen molar-refractivity contribution < 1.29 is 14.1 Å². The van der Waals surface area contributed by atoms with Crippen LogP contribution in [0.25, 0.3) is 0 Å². The van der Waals surface area contributed by atoms with E-state index in [0.717, 1.165) is 29.7 Å². The first-order valence-corrected chi connectivity index (χ1v) is 9.20. The number of aliphatic imine (C=N–C) groups is 1. The van der Waals surface area contributed by atoms with Crippen LogP contribution in [0.5, 0.6) is 0 Å². The van der Waals surface area contributed by atoms with E-state index in [2.05, 4.69) is 14.6 Å². The van der Waals surface area contributed by atoms with Gasteiger partial charge in [0.15, 0.2) is 16.2 Å². The molecule has 2 N–H and O–H groups in total. The molecule has 3 rings (SSSR count). The Morgan fingerprint density at radius 2 is 2.18 bits per heavy atom. The number of amidine groups is 1. The molecule has 1 saturated heterocycles. The number of carboxylic acids is 1. The molecule has 0 aromatic heterocycles. The maximum absolute atomic E-state index is 12.2. The Labute approximate surface area is 135 Å². The number of hydrogen-bond acceptors (Lipinski definition) is 5. The minimum absolute atomic E-state index is 0.298. The number of benzene rings is 1. The number of nitrogens with one attached hydrogen (secondary N) is 1. The molecule has 1 aromatic rings. The summed E-state index contributed by atoms with van der Waals surface area (Å²) in [7, 11) is -1.31. The summed E-state index contributed by atoms with van der Waals surface area (Å²) in [4.78, 5) is 18.0. The first-order valence-electron chi connectivity index (χ1n) is 7.07. The molecule has 0 spiro atoms. The van der Waals surface area contributed by atoms with Crippen molar-refractivity contribution in [3.05, 3.63) is 24.3 Å². The normalized spacial score (nSPS) is 22.5. The van der Waals surface area contributed by atoms with E-state index in [9.17, 15) is 9.00 Å². The summed E-state index contributed by atoms with van der Waals surface area (Å²) >= 11 is 1.57. The standard InChI is InChI=1S/C14H17N3O3S2/c18-13(19)10-5-7-17(9-10)11-1-3-12(4-2-11)22(20)16-14-15-6-8-21-14/h1-4,10H,5-9H2,(H,15,16)(H,18,19). The second kappa shape index (κ2) is 6.70. The molecule has 8 heteroatoms. The second-order valence-corrected chi connectivity index (χ2v) is 7.47. The molecule has 1 aromatic carbocycles. The van der Waals surface area contributed by atoms with Gasteiger partial charge in [0.25, 0.3) is 0 Å². The summed E-state index contributed by atoms with van der Waals surface area (Å²) in [5.41, 5.74) is 0.970. The van der Waals surface area contributed by atoms with E-state index in [1.165, 1.54) is 0 Å². The highest BCUT2D eigenvalue weighted by molar-refractivity contribution is 8.15. The minimum atomic E-state index is -1.31. The lowest BCUT2D eigenvalue weighted by molar-refractivity contribution is -0.140. The minimum Gasteiger partial charge on any atom is -0.481 e. The molecule has 0 saturated carbocycles. The van der Waals surface area contributed by atoms with Crippen LogP contribution in [0.2, 0.25) is 0 Å². The number of rotatable bonds is 4. The van der Waals surface area contributed by atoms with Crippen LogP contribution >= 0.6 is 11.8 Å². The fourth-order valence-electron chi connectivity index (χ4n) is 2.51. The van der Waals surface area contributed by atoms with Gasteiger partial charge in [0, 0.05) is 24.5 Å². The highest BCUT2D eigenvalue weighted by atomic mass is 32.2. The summed E-state index contributed by atoms with van der Waals surface area (Å²) in [6.45, 7) is 2.04. The van der Waals surface area contributed by atoms with Gasteiger partial charge in [-0.3, -0.25) is 14.5 Å². The van der Waals surface area contributed by atoms with Crippen LogP contribution in [-0.2, 0) is 15.8 Å². The molecule has 2 unspecified atom stereocenters. The third kappa shape index (κ3) is 3.44. The number of thioether (sulfide) groups is 1. The van der Waals surface area contributed by atoms with Crippen molar-refractivity contribution in [2.45, 2.75) is 11.3 Å². The van der Waals surface area contributed by atoms with Crippen LogP contribution in [0.15, 0.2) is 34.2 Å². The van der Waals surface area contributed by atoms with Crippen molar-refractivity contribution in [3.63, 3.8) is 0 Å². The Bertz CT molecular complexity index is 618. The van der Waals surface area contributed by atoms with E-state index >= 15 is 0 Å². The van der Waals surface area contributed by atoms with Gasteiger partial charge in [-0.05, 0) is 30.7 Å². The van der Waals surface area contributed by atoms with Crippen LogP contribution in [0.1, 0.15) is 6.42 Å². The maximum Gasteiger partial charge on any atom is 0.308 e. The molecular formula is C14H17N3O3S2. The molecule has 2 aliphatic heterocycles. The molecule has 1 fully saturated rings. The molecular weight excluding hydrogens is 322 g/mol. The number of aliphatic carboxylic acids is 1. The van der Waals surface area contributed by atoms with Crippen molar-refractivity contribution in [1.29, 1.82) is 0 Å². The molecule has 118 valence electrons. The Balaban J connectivity index is 1.63. The first kappa shape index (κ1) is 15.4. The van der Waals surface area contributed by atoms with Gasteiger partial charge < -0.3 is 10.0 Å². The average molecular weight is 339 g/mol. The van der Waals surface area contributed by atoms with Crippen molar-refractivity contribution >= 4 is 39.6 Å². The van der Waals surface area contributed by atoms with E-state index in [1.807, 2.05) is 24.3 Å². The Kier molecular flexibility index (Phi) is 4.68. The zero-order valence-electron chi connectivity index (χ0n) is 11.9. The topological polar surface area (TPSA) is 82.0 Å². The predicted molar refractivity (Wildman–Crippen MR) is 88.7 cm³/mol. The predicted octanol–water partition coefficient (Wildman–Crippen LogP) is 1.31. The fraction of sp³-hybridized carbons (Fsp3) is 0.429. The molecule has 22 heavy (non-hydrogen) atoms. The maximum atomic E-state index is 12.2. The smallest absolute Gasteiger partial charge is 0.308 e. The van der Waals surface area contributed by atoms with Crippen LogP contribution in [0, 0.1) is 5.92 Å². The summed E-state index contributed by atoms with van der Waals surface area (Å²) in [6.07, 6.45) is 0.668.